The lowest BCUT2D eigenvalue weighted by Crippen LogP contribution is -2.37. The van der Waals surface area contributed by atoms with E-state index in [0.717, 1.165) is 6.07 Å². The molecule has 0 unspecified atom stereocenters. The highest BCUT2D eigenvalue weighted by Gasteiger charge is 2.21. The normalized spacial score (nSPS) is 12.1. The molecule has 1 heterocycles. The molecule has 0 saturated heterocycles. The number of nitrogens with zero attached hydrogens (tertiary/aromatic N) is 2. The molecule has 0 radical (unpaired) electrons. The van der Waals surface area contributed by atoms with Gasteiger partial charge in [0.15, 0.2) is 11.6 Å². The van der Waals surface area contributed by atoms with Crippen LogP contribution in [0.4, 0.5) is 10.7 Å². The average molecular weight is 270 g/mol. The molecule has 0 atom stereocenters. The Bertz CT molecular complexity index is 514. The van der Waals surface area contributed by atoms with Crippen LogP contribution in [0.5, 0.6) is 0 Å². The molecule has 0 saturated carbocycles. The van der Waals surface area contributed by atoms with Crippen LogP contribution in [0.25, 0.3) is 0 Å². The monoisotopic (exact) mass is 270 g/mol. The van der Waals surface area contributed by atoms with Gasteiger partial charge in [0.25, 0.3) is 0 Å². The minimum atomic E-state index is -0.796. The molecule has 0 spiro atoms. The summed E-state index contributed by atoms with van der Waals surface area (Å²) in [6.07, 6.45) is -0.796. The standard InChI is InChI=1S/C10H14N4O5/c1-10(2,3)19-9(15)12-8(13-11)6-4-5-7(18-6)14(16)17/h4-5H,11H2,1-3H3,(H,12,13,15). The van der Waals surface area contributed by atoms with Crippen LogP contribution in [-0.2, 0) is 4.74 Å². The number of nitrogens with two attached hydrogens (primary N) is 1. The Morgan fingerprint density at radius 2 is 2.16 bits per heavy atom. The Kier molecular flexibility index (Phi) is 4.10. The number of amidine groups is 1. The van der Waals surface area contributed by atoms with Gasteiger partial charge in [-0.05, 0) is 26.8 Å². The largest absolute Gasteiger partial charge is 0.444 e. The molecule has 3 N–H and O–H groups in total. The molecular weight excluding hydrogens is 256 g/mol. The highest BCUT2D eigenvalue weighted by atomic mass is 16.6. The first-order valence-electron chi connectivity index (χ1n) is 5.25. The molecule has 0 bridgehead atoms. The van der Waals surface area contributed by atoms with Crippen molar-refractivity contribution in [2.75, 3.05) is 0 Å². The lowest BCUT2D eigenvalue weighted by Gasteiger charge is -2.19. The Hall–Kier alpha value is -2.58. The van der Waals surface area contributed by atoms with E-state index in [9.17, 15) is 14.9 Å². The van der Waals surface area contributed by atoms with Crippen molar-refractivity contribution in [2.24, 2.45) is 10.9 Å². The van der Waals surface area contributed by atoms with Gasteiger partial charge in [0.1, 0.15) is 10.5 Å². The Balaban J connectivity index is 2.79. The summed E-state index contributed by atoms with van der Waals surface area (Å²) in [5, 5.41) is 16.0. The van der Waals surface area contributed by atoms with Crippen molar-refractivity contribution >= 4 is 17.8 Å². The van der Waals surface area contributed by atoms with E-state index in [2.05, 4.69) is 10.4 Å². The number of hydrogen-bond acceptors (Lipinski definition) is 7. The third-order valence-corrected chi connectivity index (χ3v) is 1.75. The fraction of sp³-hybridized carbons (Fsp3) is 0.400. The van der Waals surface area contributed by atoms with Crippen LogP contribution in [0.15, 0.2) is 21.7 Å². The van der Waals surface area contributed by atoms with Crippen LogP contribution in [0.1, 0.15) is 26.5 Å². The smallest absolute Gasteiger partial charge is 0.433 e. The fourth-order valence-electron chi connectivity index (χ4n) is 1.11. The van der Waals surface area contributed by atoms with Gasteiger partial charge in [-0.3, -0.25) is 15.4 Å². The van der Waals surface area contributed by atoms with E-state index >= 15 is 0 Å². The predicted molar refractivity (Wildman–Crippen MR) is 65.5 cm³/mol. The molecule has 9 heteroatoms. The number of carbonyl (C=O) groups excluding carboxylic acids is 1. The number of rotatable bonds is 2. The summed E-state index contributed by atoms with van der Waals surface area (Å²) < 4.78 is 9.83. The SMILES string of the molecule is CC(C)(C)OC(=O)NC(=NN)c1ccc([N+](=O)[O-])o1. The highest BCUT2D eigenvalue weighted by Crippen LogP contribution is 2.16. The van der Waals surface area contributed by atoms with Crippen molar-refractivity contribution in [2.45, 2.75) is 26.4 Å². The fourth-order valence-corrected chi connectivity index (χ4v) is 1.11. The van der Waals surface area contributed by atoms with E-state index in [-0.39, 0.29) is 11.6 Å². The molecule has 0 aliphatic heterocycles. The van der Waals surface area contributed by atoms with Crippen LogP contribution in [0.3, 0.4) is 0 Å². The van der Waals surface area contributed by atoms with Gasteiger partial charge in [0.2, 0.25) is 0 Å². The maximum atomic E-state index is 11.5. The van der Waals surface area contributed by atoms with Crippen molar-refractivity contribution in [3.8, 4) is 0 Å². The second kappa shape index (κ2) is 5.38. The first-order chi connectivity index (χ1) is 8.73. The van der Waals surface area contributed by atoms with Gasteiger partial charge in [-0.15, -0.1) is 0 Å². The summed E-state index contributed by atoms with van der Waals surface area (Å²) in [6, 6.07) is 2.39. The zero-order valence-corrected chi connectivity index (χ0v) is 10.7. The van der Waals surface area contributed by atoms with Crippen LogP contribution in [-0.4, -0.2) is 22.5 Å². The van der Waals surface area contributed by atoms with E-state index < -0.39 is 22.5 Å². The third kappa shape index (κ3) is 4.30. The zero-order chi connectivity index (χ0) is 14.6. The summed E-state index contributed by atoms with van der Waals surface area (Å²) in [5.74, 6) is 4.40. The number of ether oxygens (including phenoxy) is 1. The molecule has 104 valence electrons. The van der Waals surface area contributed by atoms with E-state index in [1.807, 2.05) is 0 Å². The molecule has 0 aliphatic carbocycles. The highest BCUT2D eigenvalue weighted by molar-refractivity contribution is 6.04. The summed E-state index contributed by atoms with van der Waals surface area (Å²) in [6.45, 7) is 5.05. The molecule has 1 rings (SSSR count). The van der Waals surface area contributed by atoms with Crippen LogP contribution in [0, 0.1) is 10.1 Å². The molecule has 0 aromatic carbocycles. The van der Waals surface area contributed by atoms with Crippen molar-refractivity contribution in [3.05, 3.63) is 28.0 Å². The average Bonchev–Trinajstić information content (AvgIpc) is 2.72. The third-order valence-electron chi connectivity index (χ3n) is 1.75. The lowest BCUT2D eigenvalue weighted by molar-refractivity contribution is -0.402. The van der Waals surface area contributed by atoms with Crippen LogP contribution >= 0.6 is 0 Å². The topological polar surface area (TPSA) is 133 Å². The van der Waals surface area contributed by atoms with Gasteiger partial charge in [-0.1, -0.05) is 0 Å². The maximum absolute atomic E-state index is 11.5. The molecule has 0 fully saturated rings. The molecule has 9 nitrogen and oxygen atoms in total. The van der Waals surface area contributed by atoms with Crippen LogP contribution in [0.2, 0.25) is 0 Å². The summed E-state index contributed by atoms with van der Waals surface area (Å²) in [5.41, 5.74) is -0.695. The Labute approximate surface area is 108 Å². The number of nitrogens with one attached hydrogen (secondary N) is 1. The number of amides is 1. The number of hydrazone groups is 1. The molecule has 1 aromatic heterocycles. The van der Waals surface area contributed by atoms with Crippen molar-refractivity contribution in [1.82, 2.24) is 5.32 Å². The van der Waals surface area contributed by atoms with Crippen molar-refractivity contribution < 1.29 is 18.9 Å². The van der Waals surface area contributed by atoms with E-state index in [1.54, 1.807) is 20.8 Å². The molecule has 1 aromatic rings. The Morgan fingerprint density at radius 1 is 1.53 bits per heavy atom. The quantitative estimate of drug-likeness (QED) is 0.274. The number of hydrogen-bond donors (Lipinski definition) is 2. The van der Waals surface area contributed by atoms with Gasteiger partial charge in [-0.25, -0.2) is 4.79 Å². The van der Waals surface area contributed by atoms with E-state index in [4.69, 9.17) is 15.0 Å². The number of alkyl carbamates (subject to hydrolysis) is 1. The maximum Gasteiger partial charge on any atom is 0.433 e. The second-order valence-electron chi connectivity index (χ2n) is 4.50. The van der Waals surface area contributed by atoms with Gasteiger partial charge in [0, 0.05) is 0 Å². The molecule has 1 amide bonds. The minimum Gasteiger partial charge on any atom is -0.444 e. The van der Waals surface area contributed by atoms with Gasteiger partial charge in [0.05, 0.1) is 6.07 Å². The minimum absolute atomic E-state index is 0.0416. The van der Waals surface area contributed by atoms with Crippen LogP contribution < -0.4 is 11.2 Å². The van der Waals surface area contributed by atoms with E-state index in [1.165, 1.54) is 6.07 Å². The van der Waals surface area contributed by atoms with Gasteiger partial charge >= 0.3 is 12.0 Å². The number of nitro groups is 1. The summed E-state index contributed by atoms with van der Waals surface area (Å²) in [4.78, 5) is 21.2. The summed E-state index contributed by atoms with van der Waals surface area (Å²) >= 11 is 0. The number of carbonyl (C=O) groups is 1. The van der Waals surface area contributed by atoms with Crippen molar-refractivity contribution in [1.29, 1.82) is 0 Å². The number of furan rings is 1. The molecule has 0 aliphatic rings. The summed E-state index contributed by atoms with van der Waals surface area (Å²) in [7, 11) is 0. The van der Waals surface area contributed by atoms with Gasteiger partial charge in [-0.2, -0.15) is 5.10 Å². The predicted octanol–water partition coefficient (Wildman–Crippen LogP) is 1.33. The first kappa shape index (κ1) is 14.5. The first-order valence-corrected chi connectivity index (χ1v) is 5.25. The lowest BCUT2D eigenvalue weighted by atomic mass is 10.2. The van der Waals surface area contributed by atoms with Crippen molar-refractivity contribution in [3.63, 3.8) is 0 Å². The molecular formula is C10H14N4O5. The second-order valence-corrected chi connectivity index (χ2v) is 4.50. The Morgan fingerprint density at radius 3 is 2.58 bits per heavy atom. The molecule has 19 heavy (non-hydrogen) atoms. The zero-order valence-electron chi connectivity index (χ0n) is 10.7. The van der Waals surface area contributed by atoms with E-state index in [0.29, 0.717) is 0 Å². The van der Waals surface area contributed by atoms with Gasteiger partial charge < -0.3 is 15.0 Å².